The molecule has 1 aromatic heterocycles. The molecule has 2 nitrogen and oxygen atoms in total. The lowest BCUT2D eigenvalue weighted by molar-refractivity contribution is 0.669. The number of hydrogen-bond acceptors (Lipinski definition) is 2. The largest absolute Gasteiger partial charge is 0.454 e. The van der Waals surface area contributed by atoms with Crippen molar-refractivity contribution in [2.75, 3.05) is 4.90 Å². The molecule has 8 aromatic carbocycles. The van der Waals surface area contributed by atoms with Crippen LogP contribution >= 0.6 is 0 Å². The monoisotopic (exact) mass is 613 g/mol. The molecule has 0 spiro atoms. The van der Waals surface area contributed by atoms with E-state index in [-0.39, 0.29) is 0 Å². The number of fused-ring (bicyclic) bond motifs is 5. The molecule has 0 aliphatic heterocycles. The third-order valence-electron chi connectivity index (χ3n) is 9.27. The quantitative estimate of drug-likeness (QED) is 0.185. The third kappa shape index (κ3) is 4.83. The van der Waals surface area contributed by atoms with E-state index in [0.29, 0.717) is 0 Å². The number of furan rings is 1. The minimum absolute atomic E-state index is 0.863. The zero-order valence-electron chi connectivity index (χ0n) is 26.3. The highest BCUT2D eigenvalue weighted by atomic mass is 16.3. The minimum Gasteiger partial charge on any atom is -0.454 e. The van der Waals surface area contributed by atoms with E-state index < -0.39 is 0 Å². The van der Waals surface area contributed by atoms with Gasteiger partial charge < -0.3 is 9.32 Å². The summed E-state index contributed by atoms with van der Waals surface area (Å²) in [7, 11) is 0. The van der Waals surface area contributed by atoms with Crippen molar-refractivity contribution in [3.63, 3.8) is 0 Å². The Kier molecular flexibility index (Phi) is 6.84. The van der Waals surface area contributed by atoms with Crippen LogP contribution in [0.1, 0.15) is 0 Å². The molecule has 0 fully saturated rings. The molecular formula is C46H31NO. The first-order chi connectivity index (χ1) is 23.8. The fourth-order valence-electron chi connectivity index (χ4n) is 6.97. The number of hydrogen-bond donors (Lipinski definition) is 0. The van der Waals surface area contributed by atoms with E-state index in [1.807, 2.05) is 0 Å². The van der Waals surface area contributed by atoms with E-state index in [2.05, 4.69) is 193 Å². The van der Waals surface area contributed by atoms with Crippen molar-refractivity contribution in [3.8, 4) is 33.4 Å². The predicted octanol–water partition coefficient (Wildman–Crippen LogP) is 13.2. The summed E-state index contributed by atoms with van der Waals surface area (Å²) in [5.74, 6) is 0. The molecule has 0 radical (unpaired) electrons. The summed E-state index contributed by atoms with van der Waals surface area (Å²) < 4.78 is 6.92. The standard InChI is InChI=1S/C46H31NO/c1-4-13-32(14-5-1)34-23-27-37(28-24-34)47(38-29-25-35(26-30-38)33-15-6-2-7-16-33)43-22-12-21-41-45-40-20-11-10-19-39(40)42(31-44(45)48-46(41)43)36-17-8-3-9-18-36/h1-31H. The Morgan fingerprint density at radius 3 is 1.38 bits per heavy atom. The van der Waals surface area contributed by atoms with Gasteiger partial charge in [-0.2, -0.15) is 0 Å². The molecule has 0 saturated carbocycles. The SMILES string of the molecule is c1ccc(-c2ccc(N(c3ccc(-c4ccccc4)cc3)c3cccc4c3oc3cc(-c5ccccc5)c5ccccc5c34)cc2)cc1. The summed E-state index contributed by atoms with van der Waals surface area (Å²) in [5.41, 5.74) is 12.0. The van der Waals surface area contributed by atoms with E-state index in [9.17, 15) is 0 Å². The average molecular weight is 614 g/mol. The third-order valence-corrected chi connectivity index (χ3v) is 9.27. The second kappa shape index (κ2) is 11.8. The van der Waals surface area contributed by atoms with Gasteiger partial charge in [-0.25, -0.2) is 0 Å². The molecule has 0 atom stereocenters. The average Bonchev–Trinajstić information content (AvgIpc) is 3.56. The van der Waals surface area contributed by atoms with Gasteiger partial charge in [0.1, 0.15) is 5.58 Å². The Bertz CT molecular complexity index is 2430. The first-order valence-corrected chi connectivity index (χ1v) is 16.4. The first kappa shape index (κ1) is 27.9. The highest BCUT2D eigenvalue weighted by Crippen LogP contribution is 2.46. The lowest BCUT2D eigenvalue weighted by Crippen LogP contribution is -2.10. The van der Waals surface area contributed by atoms with Crippen molar-refractivity contribution in [2.24, 2.45) is 0 Å². The van der Waals surface area contributed by atoms with Gasteiger partial charge in [-0.3, -0.25) is 0 Å². The van der Waals surface area contributed by atoms with E-state index in [4.69, 9.17) is 4.42 Å². The van der Waals surface area contributed by atoms with Gasteiger partial charge in [0.15, 0.2) is 5.58 Å². The van der Waals surface area contributed by atoms with Crippen LogP contribution in [0.25, 0.3) is 66.1 Å². The molecule has 0 aliphatic carbocycles. The Balaban J connectivity index is 1.25. The van der Waals surface area contributed by atoms with E-state index in [0.717, 1.165) is 39.0 Å². The molecule has 9 rings (SSSR count). The summed E-state index contributed by atoms with van der Waals surface area (Å²) in [6.45, 7) is 0. The minimum atomic E-state index is 0.863. The van der Waals surface area contributed by atoms with Crippen molar-refractivity contribution in [1.82, 2.24) is 0 Å². The van der Waals surface area contributed by atoms with Crippen LogP contribution in [-0.2, 0) is 0 Å². The lowest BCUT2D eigenvalue weighted by Gasteiger charge is -2.26. The van der Waals surface area contributed by atoms with Crippen LogP contribution in [-0.4, -0.2) is 0 Å². The fraction of sp³-hybridized carbons (Fsp3) is 0. The van der Waals surface area contributed by atoms with Crippen LogP contribution < -0.4 is 4.90 Å². The first-order valence-electron chi connectivity index (χ1n) is 16.4. The van der Waals surface area contributed by atoms with Gasteiger partial charge in [-0.05, 0) is 80.6 Å². The molecular weight excluding hydrogens is 583 g/mol. The Labute approximate surface area is 279 Å². The molecule has 0 saturated heterocycles. The molecule has 48 heavy (non-hydrogen) atoms. The molecule has 1 heterocycles. The zero-order chi connectivity index (χ0) is 31.9. The Hall–Kier alpha value is -6.38. The van der Waals surface area contributed by atoms with Gasteiger partial charge in [0, 0.05) is 22.1 Å². The van der Waals surface area contributed by atoms with Gasteiger partial charge in [-0.15, -0.1) is 0 Å². The number of rotatable bonds is 6. The smallest absolute Gasteiger partial charge is 0.159 e. The van der Waals surface area contributed by atoms with Crippen molar-refractivity contribution in [1.29, 1.82) is 0 Å². The second-order valence-corrected chi connectivity index (χ2v) is 12.1. The second-order valence-electron chi connectivity index (χ2n) is 12.1. The normalized spacial score (nSPS) is 11.3. The Morgan fingerprint density at radius 2 is 0.812 bits per heavy atom. The molecule has 0 unspecified atom stereocenters. The van der Waals surface area contributed by atoms with Crippen molar-refractivity contribution in [2.45, 2.75) is 0 Å². The molecule has 226 valence electrons. The van der Waals surface area contributed by atoms with Gasteiger partial charge >= 0.3 is 0 Å². The maximum absolute atomic E-state index is 6.92. The van der Waals surface area contributed by atoms with Gasteiger partial charge in [-0.1, -0.05) is 152 Å². The van der Waals surface area contributed by atoms with Crippen molar-refractivity contribution >= 4 is 49.8 Å². The summed E-state index contributed by atoms with van der Waals surface area (Å²) in [6.07, 6.45) is 0. The van der Waals surface area contributed by atoms with Crippen LogP contribution in [0.2, 0.25) is 0 Å². The number of para-hydroxylation sites is 1. The van der Waals surface area contributed by atoms with E-state index in [1.54, 1.807) is 0 Å². The molecule has 0 bridgehead atoms. The molecule has 9 aromatic rings. The van der Waals surface area contributed by atoms with Crippen molar-refractivity contribution < 1.29 is 4.42 Å². The lowest BCUT2D eigenvalue weighted by atomic mass is 9.95. The molecule has 0 amide bonds. The van der Waals surface area contributed by atoms with E-state index >= 15 is 0 Å². The summed E-state index contributed by atoms with van der Waals surface area (Å²) >= 11 is 0. The van der Waals surface area contributed by atoms with E-state index in [1.165, 1.54) is 44.2 Å². The van der Waals surface area contributed by atoms with Gasteiger partial charge in [0.2, 0.25) is 0 Å². The number of anilines is 3. The highest BCUT2D eigenvalue weighted by Gasteiger charge is 2.21. The highest BCUT2D eigenvalue weighted by molar-refractivity contribution is 6.23. The van der Waals surface area contributed by atoms with Crippen LogP contribution in [0.4, 0.5) is 17.1 Å². The van der Waals surface area contributed by atoms with Gasteiger partial charge in [0.05, 0.1) is 5.69 Å². The van der Waals surface area contributed by atoms with Crippen LogP contribution in [0.3, 0.4) is 0 Å². The fourth-order valence-corrected chi connectivity index (χ4v) is 6.97. The van der Waals surface area contributed by atoms with Gasteiger partial charge in [0.25, 0.3) is 0 Å². The topological polar surface area (TPSA) is 16.4 Å². The molecule has 2 heteroatoms. The van der Waals surface area contributed by atoms with Crippen LogP contribution in [0, 0.1) is 0 Å². The maximum Gasteiger partial charge on any atom is 0.159 e. The number of benzene rings is 8. The van der Waals surface area contributed by atoms with Crippen LogP contribution in [0.5, 0.6) is 0 Å². The Morgan fingerprint density at radius 1 is 0.354 bits per heavy atom. The summed E-state index contributed by atoms with van der Waals surface area (Å²) in [6, 6.07) is 66.7. The molecule has 0 N–H and O–H groups in total. The summed E-state index contributed by atoms with van der Waals surface area (Å²) in [4.78, 5) is 2.31. The molecule has 0 aliphatic rings. The maximum atomic E-state index is 6.92. The number of nitrogens with zero attached hydrogens (tertiary/aromatic N) is 1. The van der Waals surface area contributed by atoms with Crippen LogP contribution in [0.15, 0.2) is 192 Å². The van der Waals surface area contributed by atoms with Crippen molar-refractivity contribution in [3.05, 3.63) is 188 Å². The predicted molar refractivity (Wildman–Crippen MR) is 202 cm³/mol. The summed E-state index contributed by atoms with van der Waals surface area (Å²) in [5, 5.41) is 4.65. The zero-order valence-corrected chi connectivity index (χ0v) is 26.3.